The fourth-order valence-electron chi connectivity index (χ4n) is 3.03. The van der Waals surface area contributed by atoms with E-state index in [-0.39, 0.29) is 0 Å². The molecule has 0 atom stereocenters. The van der Waals surface area contributed by atoms with Crippen molar-refractivity contribution in [2.45, 2.75) is 52.1 Å². The van der Waals surface area contributed by atoms with Gasteiger partial charge in [-0.2, -0.15) is 5.10 Å². The third kappa shape index (κ3) is 3.73. The van der Waals surface area contributed by atoms with Crippen LogP contribution in [0, 0.1) is 5.41 Å². The number of benzene rings is 1. The summed E-state index contributed by atoms with van der Waals surface area (Å²) in [5.74, 6) is 0. The molecule has 0 aliphatic heterocycles. The van der Waals surface area contributed by atoms with E-state index in [0.29, 0.717) is 11.5 Å². The van der Waals surface area contributed by atoms with Crippen LogP contribution in [0.3, 0.4) is 0 Å². The number of nitrogens with zero attached hydrogens (tertiary/aromatic N) is 2. The van der Waals surface area contributed by atoms with Gasteiger partial charge in [-0.15, -0.1) is 0 Å². The molecule has 1 saturated carbocycles. The van der Waals surface area contributed by atoms with Crippen LogP contribution in [0.1, 0.15) is 45.2 Å². The second-order valence-corrected chi connectivity index (χ2v) is 6.91. The second-order valence-electron chi connectivity index (χ2n) is 6.91. The lowest BCUT2D eigenvalue weighted by atomic mass is 9.75. The zero-order valence-electron chi connectivity index (χ0n) is 13.0. The van der Waals surface area contributed by atoms with E-state index in [1.165, 1.54) is 25.7 Å². The number of aromatic nitrogens is 2. The predicted octanol–water partition coefficient (Wildman–Crippen LogP) is 3.93. The summed E-state index contributed by atoms with van der Waals surface area (Å²) in [6.07, 6.45) is 7.25. The summed E-state index contributed by atoms with van der Waals surface area (Å²) in [4.78, 5) is 0. The minimum atomic E-state index is 0.535. The molecule has 0 radical (unpaired) electrons. The number of hydrogen-bond acceptors (Lipinski definition) is 2. The normalized spacial score (nSPS) is 18.8. The summed E-state index contributed by atoms with van der Waals surface area (Å²) >= 11 is 0. The predicted molar refractivity (Wildman–Crippen MR) is 86.4 cm³/mol. The van der Waals surface area contributed by atoms with E-state index in [2.05, 4.69) is 42.5 Å². The van der Waals surface area contributed by atoms with E-state index in [1.54, 1.807) is 0 Å². The first-order chi connectivity index (χ1) is 10.1. The van der Waals surface area contributed by atoms with Crippen LogP contribution < -0.4 is 5.32 Å². The molecular formula is C18H25N3. The lowest BCUT2D eigenvalue weighted by Crippen LogP contribution is -2.35. The molecule has 0 saturated heterocycles. The van der Waals surface area contributed by atoms with Gasteiger partial charge in [-0.1, -0.05) is 32.0 Å². The monoisotopic (exact) mass is 283 g/mol. The van der Waals surface area contributed by atoms with Gasteiger partial charge in [-0.05, 0) is 49.3 Å². The van der Waals surface area contributed by atoms with Crippen molar-refractivity contribution in [3.63, 3.8) is 0 Å². The lowest BCUT2D eigenvalue weighted by Gasteiger charge is -2.34. The molecule has 1 aromatic heterocycles. The fourth-order valence-corrected chi connectivity index (χ4v) is 3.03. The third-order valence-corrected chi connectivity index (χ3v) is 4.58. The Labute approximate surface area is 127 Å². The highest BCUT2D eigenvalue weighted by Crippen LogP contribution is 2.35. The van der Waals surface area contributed by atoms with Crippen LogP contribution in [0.15, 0.2) is 42.6 Å². The fraction of sp³-hybridized carbons (Fsp3) is 0.500. The topological polar surface area (TPSA) is 29.9 Å². The van der Waals surface area contributed by atoms with Gasteiger partial charge in [0.05, 0.1) is 11.4 Å². The summed E-state index contributed by atoms with van der Waals surface area (Å²) < 4.78 is 1.95. The highest BCUT2D eigenvalue weighted by molar-refractivity contribution is 5.30. The highest BCUT2D eigenvalue weighted by Gasteiger charge is 2.26. The number of hydrogen-bond donors (Lipinski definition) is 1. The second kappa shape index (κ2) is 6.02. The van der Waals surface area contributed by atoms with Gasteiger partial charge in [-0.25, -0.2) is 4.68 Å². The molecule has 1 fully saturated rings. The van der Waals surface area contributed by atoms with Crippen LogP contribution in [-0.4, -0.2) is 15.8 Å². The van der Waals surface area contributed by atoms with E-state index in [1.807, 2.05) is 29.1 Å². The smallest absolute Gasteiger partial charge is 0.0766 e. The maximum Gasteiger partial charge on any atom is 0.0766 e. The molecule has 112 valence electrons. The van der Waals surface area contributed by atoms with E-state index < -0.39 is 0 Å². The van der Waals surface area contributed by atoms with Gasteiger partial charge in [0.25, 0.3) is 0 Å². The summed E-state index contributed by atoms with van der Waals surface area (Å²) in [5.41, 5.74) is 2.76. The maximum absolute atomic E-state index is 4.65. The van der Waals surface area contributed by atoms with Crippen molar-refractivity contribution in [1.82, 2.24) is 15.1 Å². The summed E-state index contributed by atoms with van der Waals surface area (Å²) in [6.45, 7) is 5.63. The Balaban J connectivity index is 1.54. The van der Waals surface area contributed by atoms with E-state index >= 15 is 0 Å². The Morgan fingerprint density at radius 1 is 1.14 bits per heavy atom. The summed E-state index contributed by atoms with van der Waals surface area (Å²) in [7, 11) is 0. The highest BCUT2D eigenvalue weighted by atomic mass is 15.3. The molecular weight excluding hydrogens is 258 g/mol. The van der Waals surface area contributed by atoms with Gasteiger partial charge in [0.2, 0.25) is 0 Å². The molecule has 2 aromatic rings. The molecule has 3 rings (SSSR count). The largest absolute Gasteiger partial charge is 0.308 e. The number of nitrogens with one attached hydrogen (secondary N) is 1. The Morgan fingerprint density at radius 3 is 2.57 bits per heavy atom. The standard InChI is InChI=1S/C18H25N3/c1-18(2)11-8-15(9-12-18)19-14-16-10-13-21(20-16)17-6-4-3-5-7-17/h3-7,10,13,15,19H,8-9,11-12,14H2,1-2H3. The molecule has 3 heteroatoms. The molecule has 0 spiro atoms. The molecule has 1 heterocycles. The van der Waals surface area contributed by atoms with Crippen molar-refractivity contribution in [3.8, 4) is 5.69 Å². The lowest BCUT2D eigenvalue weighted by molar-refractivity contribution is 0.205. The van der Waals surface area contributed by atoms with Gasteiger partial charge in [0, 0.05) is 18.8 Å². The number of rotatable bonds is 4. The van der Waals surface area contributed by atoms with Gasteiger partial charge >= 0.3 is 0 Å². The Bertz CT molecular complexity index is 561. The van der Waals surface area contributed by atoms with Crippen LogP contribution in [0.4, 0.5) is 0 Å². The molecule has 0 unspecified atom stereocenters. The third-order valence-electron chi connectivity index (χ3n) is 4.58. The Kier molecular flexibility index (Phi) is 4.11. The quantitative estimate of drug-likeness (QED) is 0.921. The average Bonchev–Trinajstić information content (AvgIpc) is 2.96. The van der Waals surface area contributed by atoms with Gasteiger partial charge < -0.3 is 5.32 Å². The minimum Gasteiger partial charge on any atom is -0.308 e. The van der Waals surface area contributed by atoms with Crippen LogP contribution >= 0.6 is 0 Å². The molecule has 1 N–H and O–H groups in total. The zero-order valence-corrected chi connectivity index (χ0v) is 13.0. The van der Waals surface area contributed by atoms with Crippen molar-refractivity contribution in [2.24, 2.45) is 5.41 Å². The van der Waals surface area contributed by atoms with Gasteiger partial charge in [0.1, 0.15) is 0 Å². The van der Waals surface area contributed by atoms with Crippen LogP contribution in [-0.2, 0) is 6.54 Å². The maximum atomic E-state index is 4.65. The zero-order chi connectivity index (χ0) is 14.7. The minimum absolute atomic E-state index is 0.535. The molecule has 1 aliphatic rings. The van der Waals surface area contributed by atoms with Crippen molar-refractivity contribution < 1.29 is 0 Å². The average molecular weight is 283 g/mol. The molecule has 21 heavy (non-hydrogen) atoms. The number of para-hydroxylation sites is 1. The Morgan fingerprint density at radius 2 is 1.86 bits per heavy atom. The molecule has 0 bridgehead atoms. The summed E-state index contributed by atoms with van der Waals surface area (Å²) in [6, 6.07) is 13.0. The van der Waals surface area contributed by atoms with Crippen molar-refractivity contribution >= 4 is 0 Å². The molecule has 1 aromatic carbocycles. The van der Waals surface area contributed by atoms with Crippen molar-refractivity contribution in [3.05, 3.63) is 48.3 Å². The molecule has 1 aliphatic carbocycles. The van der Waals surface area contributed by atoms with Crippen molar-refractivity contribution in [2.75, 3.05) is 0 Å². The summed E-state index contributed by atoms with van der Waals surface area (Å²) in [5, 5.41) is 8.31. The van der Waals surface area contributed by atoms with Crippen LogP contribution in [0.5, 0.6) is 0 Å². The molecule has 3 nitrogen and oxygen atoms in total. The first-order valence-electron chi connectivity index (χ1n) is 7.96. The Hall–Kier alpha value is -1.61. The first kappa shape index (κ1) is 14.3. The van der Waals surface area contributed by atoms with Gasteiger partial charge in [0.15, 0.2) is 0 Å². The van der Waals surface area contributed by atoms with Gasteiger partial charge in [-0.3, -0.25) is 0 Å². The van der Waals surface area contributed by atoms with Crippen LogP contribution in [0.2, 0.25) is 0 Å². The first-order valence-corrected chi connectivity index (χ1v) is 7.96. The van der Waals surface area contributed by atoms with E-state index in [0.717, 1.165) is 17.9 Å². The molecule has 0 amide bonds. The van der Waals surface area contributed by atoms with E-state index in [4.69, 9.17) is 0 Å². The van der Waals surface area contributed by atoms with Crippen molar-refractivity contribution in [1.29, 1.82) is 0 Å². The SMILES string of the molecule is CC1(C)CCC(NCc2ccn(-c3ccccc3)n2)CC1. The van der Waals surface area contributed by atoms with E-state index in [9.17, 15) is 0 Å². The van der Waals surface area contributed by atoms with Crippen LogP contribution in [0.25, 0.3) is 5.69 Å².